The van der Waals surface area contributed by atoms with E-state index >= 15 is 0 Å². The third-order valence-corrected chi connectivity index (χ3v) is 3.18. The van der Waals surface area contributed by atoms with E-state index in [1.54, 1.807) is 7.11 Å². The summed E-state index contributed by atoms with van der Waals surface area (Å²) in [5.41, 5.74) is 7.75. The van der Waals surface area contributed by atoms with E-state index in [0.29, 0.717) is 13.1 Å². The Hall–Kier alpha value is -1.94. The Bertz CT molecular complexity index is 549. The summed E-state index contributed by atoms with van der Waals surface area (Å²) in [6.45, 7) is 3.13. The summed E-state index contributed by atoms with van der Waals surface area (Å²) >= 11 is 0. The van der Waals surface area contributed by atoms with Crippen LogP contribution >= 0.6 is 0 Å². The van der Waals surface area contributed by atoms with Gasteiger partial charge in [0.2, 0.25) is 0 Å². The molecule has 102 valence electrons. The number of aryl methyl sites for hydroxylation is 1. The average molecular weight is 260 g/mol. The zero-order chi connectivity index (χ0) is 13.8. The molecular weight excluding hydrogens is 240 g/mol. The van der Waals surface area contributed by atoms with E-state index in [2.05, 4.69) is 4.90 Å². The van der Waals surface area contributed by atoms with Gasteiger partial charge in [-0.25, -0.2) is 0 Å². The molecule has 0 saturated carbocycles. The van der Waals surface area contributed by atoms with Crippen LogP contribution < -0.4 is 15.4 Å². The molecule has 4 heteroatoms. The first-order valence-corrected chi connectivity index (χ1v) is 6.28. The molecule has 0 radical (unpaired) electrons. The Labute approximate surface area is 113 Å². The number of rotatable bonds is 5. The maximum atomic E-state index is 5.71. The third-order valence-electron chi connectivity index (χ3n) is 3.18. The quantitative estimate of drug-likeness (QED) is 0.898. The molecule has 0 bridgehead atoms. The van der Waals surface area contributed by atoms with Crippen LogP contribution in [0.4, 0.5) is 5.69 Å². The highest BCUT2D eigenvalue weighted by molar-refractivity contribution is 5.57. The Kier molecular flexibility index (Phi) is 4.12. The predicted octanol–water partition coefficient (Wildman–Crippen LogP) is 2.69. The van der Waals surface area contributed by atoms with Crippen LogP contribution in [-0.2, 0) is 13.1 Å². The van der Waals surface area contributed by atoms with Crippen LogP contribution in [-0.4, -0.2) is 14.2 Å². The van der Waals surface area contributed by atoms with Crippen molar-refractivity contribution in [1.29, 1.82) is 0 Å². The third kappa shape index (κ3) is 2.90. The number of anilines is 1. The number of para-hydroxylation sites is 2. The lowest BCUT2D eigenvalue weighted by Crippen LogP contribution is -2.16. The van der Waals surface area contributed by atoms with Crippen molar-refractivity contribution in [2.45, 2.75) is 20.0 Å². The highest BCUT2D eigenvalue weighted by Gasteiger charge is 2.11. The molecule has 0 saturated heterocycles. The summed E-state index contributed by atoms with van der Waals surface area (Å²) in [7, 11) is 3.69. The molecular formula is C15H20N2O2. The van der Waals surface area contributed by atoms with Crippen molar-refractivity contribution < 1.29 is 9.15 Å². The Morgan fingerprint density at radius 3 is 2.68 bits per heavy atom. The van der Waals surface area contributed by atoms with Gasteiger partial charge in [0.15, 0.2) is 0 Å². The molecule has 0 amide bonds. The standard InChI is InChI=1S/C15H20N2O2/c1-11-12(9-16)8-13(19-11)10-17(2)14-6-4-5-7-15(14)18-3/h4-8H,9-10,16H2,1-3H3. The van der Waals surface area contributed by atoms with Gasteiger partial charge < -0.3 is 19.8 Å². The van der Waals surface area contributed by atoms with Crippen molar-refractivity contribution in [3.63, 3.8) is 0 Å². The van der Waals surface area contributed by atoms with Crippen LogP contribution in [0.25, 0.3) is 0 Å². The maximum absolute atomic E-state index is 5.71. The van der Waals surface area contributed by atoms with Crippen LogP contribution in [0.3, 0.4) is 0 Å². The summed E-state index contributed by atoms with van der Waals surface area (Å²) in [5.74, 6) is 2.66. The van der Waals surface area contributed by atoms with E-state index in [9.17, 15) is 0 Å². The number of methoxy groups -OCH3 is 1. The van der Waals surface area contributed by atoms with E-state index in [1.807, 2.05) is 44.3 Å². The number of hydrogen-bond acceptors (Lipinski definition) is 4. The molecule has 1 heterocycles. The molecule has 0 atom stereocenters. The Balaban J connectivity index is 2.18. The highest BCUT2D eigenvalue weighted by atomic mass is 16.5. The van der Waals surface area contributed by atoms with Gasteiger partial charge in [0.25, 0.3) is 0 Å². The summed E-state index contributed by atoms with van der Waals surface area (Å²) in [6.07, 6.45) is 0. The molecule has 0 aliphatic rings. The fourth-order valence-corrected chi connectivity index (χ4v) is 2.13. The van der Waals surface area contributed by atoms with Gasteiger partial charge in [0.1, 0.15) is 17.3 Å². The number of hydrogen-bond donors (Lipinski definition) is 1. The lowest BCUT2D eigenvalue weighted by molar-refractivity contribution is 0.413. The lowest BCUT2D eigenvalue weighted by atomic mass is 10.2. The number of furan rings is 1. The van der Waals surface area contributed by atoms with Crippen LogP contribution in [0.5, 0.6) is 5.75 Å². The SMILES string of the molecule is COc1ccccc1N(C)Cc1cc(CN)c(C)o1. The second kappa shape index (κ2) is 5.80. The maximum Gasteiger partial charge on any atom is 0.142 e. The Morgan fingerprint density at radius 2 is 2.05 bits per heavy atom. The topological polar surface area (TPSA) is 51.6 Å². The van der Waals surface area contributed by atoms with Crippen LogP contribution in [0.15, 0.2) is 34.7 Å². The smallest absolute Gasteiger partial charge is 0.142 e. The molecule has 1 aromatic carbocycles. The minimum atomic E-state index is 0.508. The zero-order valence-corrected chi connectivity index (χ0v) is 11.6. The van der Waals surface area contributed by atoms with Gasteiger partial charge in [0, 0.05) is 19.2 Å². The first-order valence-electron chi connectivity index (χ1n) is 6.28. The van der Waals surface area contributed by atoms with Crippen LogP contribution in [0.1, 0.15) is 17.1 Å². The number of nitrogens with two attached hydrogens (primary N) is 1. The minimum Gasteiger partial charge on any atom is -0.495 e. The summed E-state index contributed by atoms with van der Waals surface area (Å²) < 4.78 is 11.1. The molecule has 19 heavy (non-hydrogen) atoms. The van der Waals surface area contributed by atoms with Gasteiger partial charge in [-0.15, -0.1) is 0 Å². The van der Waals surface area contributed by atoms with E-state index < -0.39 is 0 Å². The average Bonchev–Trinajstić information content (AvgIpc) is 2.78. The minimum absolute atomic E-state index is 0.508. The van der Waals surface area contributed by atoms with E-state index in [-0.39, 0.29) is 0 Å². The summed E-state index contributed by atoms with van der Waals surface area (Å²) in [5, 5.41) is 0. The first-order chi connectivity index (χ1) is 9.15. The van der Waals surface area contributed by atoms with E-state index in [4.69, 9.17) is 14.9 Å². The van der Waals surface area contributed by atoms with Crippen molar-refractivity contribution in [1.82, 2.24) is 0 Å². The molecule has 2 rings (SSSR count). The van der Waals surface area contributed by atoms with Gasteiger partial charge in [-0.1, -0.05) is 12.1 Å². The second-order valence-electron chi connectivity index (χ2n) is 4.53. The first kappa shape index (κ1) is 13.5. The van der Waals surface area contributed by atoms with Gasteiger partial charge in [0.05, 0.1) is 19.3 Å². The van der Waals surface area contributed by atoms with Gasteiger partial charge in [-0.2, -0.15) is 0 Å². The molecule has 2 aromatic rings. The molecule has 0 fully saturated rings. The number of nitrogens with zero attached hydrogens (tertiary/aromatic N) is 1. The zero-order valence-electron chi connectivity index (χ0n) is 11.6. The molecule has 0 unspecified atom stereocenters. The fraction of sp³-hybridized carbons (Fsp3) is 0.333. The lowest BCUT2D eigenvalue weighted by Gasteiger charge is -2.20. The van der Waals surface area contributed by atoms with Crippen molar-refractivity contribution in [2.75, 3.05) is 19.1 Å². The summed E-state index contributed by atoms with van der Waals surface area (Å²) in [4.78, 5) is 2.09. The van der Waals surface area contributed by atoms with Crippen LogP contribution in [0.2, 0.25) is 0 Å². The van der Waals surface area contributed by atoms with Crippen molar-refractivity contribution in [2.24, 2.45) is 5.73 Å². The molecule has 0 aliphatic carbocycles. The van der Waals surface area contributed by atoms with E-state index in [0.717, 1.165) is 28.5 Å². The van der Waals surface area contributed by atoms with Gasteiger partial charge >= 0.3 is 0 Å². The Morgan fingerprint density at radius 1 is 1.32 bits per heavy atom. The highest BCUT2D eigenvalue weighted by Crippen LogP contribution is 2.28. The van der Waals surface area contributed by atoms with Gasteiger partial charge in [-0.05, 0) is 25.1 Å². The van der Waals surface area contributed by atoms with Crippen molar-refractivity contribution >= 4 is 5.69 Å². The molecule has 0 spiro atoms. The molecule has 4 nitrogen and oxygen atoms in total. The predicted molar refractivity (Wildman–Crippen MR) is 76.4 cm³/mol. The van der Waals surface area contributed by atoms with Crippen molar-refractivity contribution in [3.8, 4) is 5.75 Å². The largest absolute Gasteiger partial charge is 0.495 e. The number of ether oxygens (including phenoxy) is 1. The molecule has 0 aliphatic heterocycles. The number of benzene rings is 1. The molecule has 2 N–H and O–H groups in total. The van der Waals surface area contributed by atoms with Crippen LogP contribution in [0, 0.1) is 6.92 Å². The summed E-state index contributed by atoms with van der Waals surface area (Å²) in [6, 6.07) is 9.94. The van der Waals surface area contributed by atoms with Gasteiger partial charge in [-0.3, -0.25) is 0 Å². The second-order valence-corrected chi connectivity index (χ2v) is 4.53. The fourth-order valence-electron chi connectivity index (χ4n) is 2.13. The van der Waals surface area contributed by atoms with Crippen molar-refractivity contribution in [3.05, 3.63) is 47.4 Å². The van der Waals surface area contributed by atoms with E-state index in [1.165, 1.54) is 0 Å². The molecule has 1 aromatic heterocycles. The monoisotopic (exact) mass is 260 g/mol. The normalized spacial score (nSPS) is 10.5.